The first-order valence-electron chi connectivity index (χ1n) is 9.96. The lowest BCUT2D eigenvalue weighted by atomic mass is 9.96. The smallest absolute Gasteiger partial charge is 0.364 e. The minimum atomic E-state index is -4.52. The van der Waals surface area contributed by atoms with Crippen molar-refractivity contribution in [3.05, 3.63) is 95.2 Å². The number of aromatic nitrogens is 1. The van der Waals surface area contributed by atoms with Crippen molar-refractivity contribution in [2.24, 2.45) is 0 Å². The SMILES string of the molecule is Cc1conc1-c1ccccc1-c1cccc(N2Cc3c(cccc3C(F)(F)F)C2=O)c1. The standard InChI is InChI=1S/C25H17F3N2O2/c1-15-14-32-29-23(15)19-9-3-2-8-18(19)16-6-4-7-17(12-16)30-13-21-20(24(30)31)10-5-11-22(21)25(26,27)28/h2-12,14H,13H2,1H3. The van der Waals surface area contributed by atoms with Crippen molar-refractivity contribution in [2.75, 3.05) is 4.90 Å². The molecule has 1 aliphatic rings. The molecule has 0 bridgehead atoms. The Morgan fingerprint density at radius 1 is 0.938 bits per heavy atom. The number of nitrogens with zero attached hydrogens (tertiary/aromatic N) is 2. The molecule has 0 fully saturated rings. The summed E-state index contributed by atoms with van der Waals surface area (Å²) in [6.07, 6.45) is -2.95. The van der Waals surface area contributed by atoms with Crippen molar-refractivity contribution >= 4 is 11.6 Å². The van der Waals surface area contributed by atoms with Crippen molar-refractivity contribution in [3.8, 4) is 22.4 Å². The maximum absolute atomic E-state index is 13.5. The van der Waals surface area contributed by atoms with Crippen LogP contribution in [0.5, 0.6) is 0 Å². The second-order valence-corrected chi connectivity index (χ2v) is 7.66. The van der Waals surface area contributed by atoms with Gasteiger partial charge in [0, 0.05) is 22.4 Å². The molecule has 7 heteroatoms. The summed E-state index contributed by atoms with van der Waals surface area (Å²) in [5.74, 6) is -0.441. The summed E-state index contributed by atoms with van der Waals surface area (Å²) >= 11 is 0. The van der Waals surface area contributed by atoms with Crippen LogP contribution < -0.4 is 4.90 Å². The number of carbonyl (C=O) groups is 1. The maximum atomic E-state index is 13.5. The van der Waals surface area contributed by atoms with Crippen LogP contribution in [0.3, 0.4) is 0 Å². The Bertz CT molecular complexity index is 1340. The molecule has 160 valence electrons. The summed E-state index contributed by atoms with van der Waals surface area (Å²) in [7, 11) is 0. The van der Waals surface area contributed by atoms with Crippen LogP contribution in [-0.4, -0.2) is 11.1 Å². The highest BCUT2D eigenvalue weighted by Crippen LogP contribution is 2.40. The van der Waals surface area contributed by atoms with Gasteiger partial charge in [0.1, 0.15) is 12.0 Å². The highest BCUT2D eigenvalue weighted by Gasteiger charge is 2.39. The van der Waals surface area contributed by atoms with Crippen LogP contribution in [0, 0.1) is 6.92 Å². The molecule has 4 aromatic rings. The van der Waals surface area contributed by atoms with E-state index in [1.807, 2.05) is 43.3 Å². The van der Waals surface area contributed by atoms with Gasteiger partial charge in [-0.3, -0.25) is 4.79 Å². The highest BCUT2D eigenvalue weighted by molar-refractivity contribution is 6.10. The van der Waals surface area contributed by atoms with E-state index in [2.05, 4.69) is 5.16 Å². The van der Waals surface area contributed by atoms with Gasteiger partial charge in [0.2, 0.25) is 0 Å². The number of hydrogen-bond donors (Lipinski definition) is 0. The monoisotopic (exact) mass is 434 g/mol. The molecular weight excluding hydrogens is 417 g/mol. The molecule has 3 aromatic carbocycles. The number of alkyl halides is 3. The van der Waals surface area contributed by atoms with E-state index in [-0.39, 0.29) is 17.7 Å². The van der Waals surface area contributed by atoms with E-state index >= 15 is 0 Å². The molecule has 32 heavy (non-hydrogen) atoms. The van der Waals surface area contributed by atoms with Gasteiger partial charge in [-0.15, -0.1) is 0 Å². The Morgan fingerprint density at radius 2 is 1.66 bits per heavy atom. The molecule has 1 aromatic heterocycles. The van der Waals surface area contributed by atoms with Crippen LogP contribution in [0.4, 0.5) is 18.9 Å². The molecule has 0 radical (unpaired) electrons. The number of benzene rings is 3. The molecule has 4 nitrogen and oxygen atoms in total. The zero-order chi connectivity index (χ0) is 22.5. The molecule has 0 saturated heterocycles. The lowest BCUT2D eigenvalue weighted by Crippen LogP contribution is -2.23. The van der Waals surface area contributed by atoms with Gasteiger partial charge in [-0.2, -0.15) is 13.2 Å². The van der Waals surface area contributed by atoms with Crippen molar-refractivity contribution < 1.29 is 22.5 Å². The minimum Gasteiger partial charge on any atom is -0.364 e. The summed E-state index contributed by atoms with van der Waals surface area (Å²) in [4.78, 5) is 14.3. The van der Waals surface area contributed by atoms with Gasteiger partial charge in [-0.05, 0) is 47.9 Å². The Hall–Kier alpha value is -3.87. The fraction of sp³-hybridized carbons (Fsp3) is 0.120. The summed E-state index contributed by atoms with van der Waals surface area (Å²) in [5.41, 5.74) is 4.03. The van der Waals surface area contributed by atoms with Gasteiger partial charge in [0.05, 0.1) is 12.1 Å². The number of rotatable bonds is 3. The van der Waals surface area contributed by atoms with Gasteiger partial charge in [-0.25, -0.2) is 0 Å². The molecule has 0 saturated carbocycles. The summed E-state index contributed by atoms with van der Waals surface area (Å²) in [6.45, 7) is 1.77. The normalized spacial score (nSPS) is 13.5. The van der Waals surface area contributed by atoms with Crippen LogP contribution in [-0.2, 0) is 12.7 Å². The first kappa shape index (κ1) is 20.1. The third-order valence-corrected chi connectivity index (χ3v) is 5.67. The van der Waals surface area contributed by atoms with Crippen molar-refractivity contribution in [1.29, 1.82) is 0 Å². The Balaban J connectivity index is 1.56. The predicted molar refractivity (Wildman–Crippen MR) is 114 cm³/mol. The molecular formula is C25H17F3N2O2. The van der Waals surface area contributed by atoms with Crippen molar-refractivity contribution in [1.82, 2.24) is 5.16 Å². The van der Waals surface area contributed by atoms with E-state index < -0.39 is 17.6 Å². The van der Waals surface area contributed by atoms with E-state index in [0.29, 0.717) is 11.4 Å². The zero-order valence-corrected chi connectivity index (χ0v) is 17.0. The largest absolute Gasteiger partial charge is 0.416 e. The van der Waals surface area contributed by atoms with Crippen LogP contribution in [0.15, 0.2) is 77.5 Å². The fourth-order valence-corrected chi connectivity index (χ4v) is 4.14. The van der Waals surface area contributed by atoms with Crippen molar-refractivity contribution in [2.45, 2.75) is 19.6 Å². The number of amides is 1. The molecule has 0 spiro atoms. The molecule has 1 aliphatic heterocycles. The first-order chi connectivity index (χ1) is 15.3. The van der Waals surface area contributed by atoms with E-state index in [1.54, 1.807) is 18.4 Å². The average Bonchev–Trinajstić information content (AvgIpc) is 3.36. The van der Waals surface area contributed by atoms with Gasteiger partial charge < -0.3 is 9.42 Å². The van der Waals surface area contributed by atoms with Gasteiger partial charge in [0.25, 0.3) is 5.91 Å². The molecule has 0 aliphatic carbocycles. The molecule has 0 unspecified atom stereocenters. The highest BCUT2D eigenvalue weighted by atomic mass is 19.4. The lowest BCUT2D eigenvalue weighted by Gasteiger charge is -2.18. The molecule has 2 heterocycles. The van der Waals surface area contributed by atoms with E-state index in [1.165, 1.54) is 17.0 Å². The predicted octanol–water partition coefficient (Wildman–Crippen LogP) is 6.50. The van der Waals surface area contributed by atoms with Crippen LogP contribution in [0.1, 0.15) is 27.0 Å². The van der Waals surface area contributed by atoms with E-state index in [9.17, 15) is 18.0 Å². The lowest BCUT2D eigenvalue weighted by molar-refractivity contribution is -0.138. The maximum Gasteiger partial charge on any atom is 0.416 e. The van der Waals surface area contributed by atoms with E-state index in [0.717, 1.165) is 28.3 Å². The second-order valence-electron chi connectivity index (χ2n) is 7.66. The number of fused-ring (bicyclic) bond motifs is 1. The quantitative estimate of drug-likeness (QED) is 0.370. The zero-order valence-electron chi connectivity index (χ0n) is 17.0. The van der Waals surface area contributed by atoms with Crippen LogP contribution >= 0.6 is 0 Å². The first-order valence-corrected chi connectivity index (χ1v) is 9.96. The molecule has 1 amide bonds. The fourth-order valence-electron chi connectivity index (χ4n) is 4.14. The summed E-state index contributed by atoms with van der Waals surface area (Å²) in [6, 6.07) is 18.6. The molecule has 0 N–H and O–H groups in total. The number of anilines is 1. The van der Waals surface area contributed by atoms with E-state index in [4.69, 9.17) is 4.52 Å². The Kier molecular flexibility index (Phi) is 4.62. The van der Waals surface area contributed by atoms with Crippen LogP contribution in [0.2, 0.25) is 0 Å². The summed E-state index contributed by atoms with van der Waals surface area (Å²) < 4.78 is 45.4. The van der Waals surface area contributed by atoms with Crippen molar-refractivity contribution in [3.63, 3.8) is 0 Å². The molecule has 0 atom stereocenters. The van der Waals surface area contributed by atoms with Gasteiger partial charge in [0.15, 0.2) is 0 Å². The van der Waals surface area contributed by atoms with Gasteiger partial charge in [-0.1, -0.05) is 47.6 Å². The molecule has 5 rings (SSSR count). The second kappa shape index (κ2) is 7.37. The Labute approximate surface area is 181 Å². The topological polar surface area (TPSA) is 46.3 Å². The summed E-state index contributed by atoms with van der Waals surface area (Å²) in [5, 5.41) is 4.10. The third-order valence-electron chi connectivity index (χ3n) is 5.67. The Morgan fingerprint density at radius 3 is 2.38 bits per heavy atom. The van der Waals surface area contributed by atoms with Crippen LogP contribution in [0.25, 0.3) is 22.4 Å². The number of hydrogen-bond acceptors (Lipinski definition) is 3. The number of aryl methyl sites for hydroxylation is 1. The third kappa shape index (κ3) is 3.26. The number of halogens is 3. The van der Waals surface area contributed by atoms with Gasteiger partial charge >= 0.3 is 6.18 Å². The average molecular weight is 434 g/mol. The minimum absolute atomic E-state index is 0.00836. The number of carbonyl (C=O) groups excluding carboxylic acids is 1.